The largest absolute Gasteiger partial charge is 0.368 e. The Hall–Kier alpha value is -2.35. The molecule has 7 nitrogen and oxygen atoms in total. The van der Waals surface area contributed by atoms with Crippen molar-refractivity contribution in [3.8, 4) is 0 Å². The minimum absolute atomic E-state index is 0.0366. The molecule has 0 unspecified atom stereocenters. The first-order valence-corrected chi connectivity index (χ1v) is 6.74. The van der Waals surface area contributed by atoms with Crippen molar-refractivity contribution in [2.75, 3.05) is 11.5 Å². The average molecular weight is 291 g/mol. The number of aryl methyl sites for hydroxylation is 1. The van der Waals surface area contributed by atoms with Crippen LogP contribution < -0.4 is 11.1 Å². The van der Waals surface area contributed by atoms with E-state index in [9.17, 15) is 9.59 Å². The molecule has 0 aliphatic rings. The van der Waals surface area contributed by atoms with E-state index >= 15 is 0 Å². The van der Waals surface area contributed by atoms with Gasteiger partial charge in [0.05, 0.1) is 5.75 Å². The molecule has 1 aromatic heterocycles. The van der Waals surface area contributed by atoms with Crippen molar-refractivity contribution in [3.05, 3.63) is 35.4 Å². The third kappa shape index (κ3) is 3.82. The Balaban J connectivity index is 1.85. The number of hydrogen-bond donors (Lipinski definition) is 3. The van der Waals surface area contributed by atoms with Crippen molar-refractivity contribution in [2.24, 2.45) is 0 Å². The van der Waals surface area contributed by atoms with E-state index in [1.807, 2.05) is 19.1 Å². The standard InChI is InChI=1S/C12H13N5O2S/c1-7-2-4-8(5-3-7)10(19)14-9(18)6-20-12-15-11(13)16-17-12/h2-5H,6H2,1H3,(H,14,18,19)(H3,13,15,16,17). The Morgan fingerprint density at radius 1 is 1.35 bits per heavy atom. The summed E-state index contributed by atoms with van der Waals surface area (Å²) in [6.07, 6.45) is 0. The maximum Gasteiger partial charge on any atom is 0.257 e. The summed E-state index contributed by atoms with van der Waals surface area (Å²) in [6, 6.07) is 6.96. The maximum atomic E-state index is 11.8. The van der Waals surface area contributed by atoms with Crippen LogP contribution in [0.25, 0.3) is 0 Å². The number of aromatic amines is 1. The van der Waals surface area contributed by atoms with Crippen LogP contribution in [-0.4, -0.2) is 32.7 Å². The summed E-state index contributed by atoms with van der Waals surface area (Å²) in [5, 5.41) is 8.89. The van der Waals surface area contributed by atoms with Gasteiger partial charge in [-0.15, -0.1) is 5.10 Å². The molecule has 0 atom stereocenters. The third-order valence-electron chi connectivity index (χ3n) is 2.38. The minimum atomic E-state index is -0.426. The lowest BCUT2D eigenvalue weighted by atomic mass is 10.1. The van der Waals surface area contributed by atoms with Gasteiger partial charge >= 0.3 is 0 Å². The zero-order valence-electron chi connectivity index (χ0n) is 10.7. The number of nitrogen functional groups attached to an aromatic ring is 1. The van der Waals surface area contributed by atoms with Gasteiger partial charge in [0.1, 0.15) is 0 Å². The van der Waals surface area contributed by atoms with Gasteiger partial charge < -0.3 is 5.73 Å². The lowest BCUT2D eigenvalue weighted by molar-refractivity contribution is -0.117. The molecule has 0 spiro atoms. The second-order valence-corrected chi connectivity index (χ2v) is 4.98. The van der Waals surface area contributed by atoms with Gasteiger partial charge in [-0.2, -0.15) is 4.98 Å². The first-order valence-electron chi connectivity index (χ1n) is 5.76. The molecule has 0 aliphatic heterocycles. The number of benzene rings is 1. The van der Waals surface area contributed by atoms with Crippen LogP contribution in [0.5, 0.6) is 0 Å². The predicted octanol–water partition coefficient (Wildman–Crippen LogP) is 0.744. The molecule has 0 bridgehead atoms. The van der Waals surface area contributed by atoms with Crippen LogP contribution in [0.15, 0.2) is 29.4 Å². The lowest BCUT2D eigenvalue weighted by Gasteiger charge is -2.03. The fraction of sp³-hybridized carbons (Fsp3) is 0.167. The number of amides is 2. The quantitative estimate of drug-likeness (QED) is 0.716. The van der Waals surface area contributed by atoms with E-state index in [0.29, 0.717) is 10.7 Å². The summed E-state index contributed by atoms with van der Waals surface area (Å²) < 4.78 is 0. The molecule has 2 amide bonds. The fourth-order valence-electron chi connectivity index (χ4n) is 1.39. The number of anilines is 1. The monoisotopic (exact) mass is 291 g/mol. The highest BCUT2D eigenvalue weighted by molar-refractivity contribution is 7.99. The van der Waals surface area contributed by atoms with Crippen LogP contribution in [0.3, 0.4) is 0 Å². The lowest BCUT2D eigenvalue weighted by Crippen LogP contribution is -2.31. The number of rotatable bonds is 4. The van der Waals surface area contributed by atoms with Gasteiger partial charge in [-0.05, 0) is 19.1 Å². The van der Waals surface area contributed by atoms with E-state index in [1.54, 1.807) is 12.1 Å². The van der Waals surface area contributed by atoms with Crippen LogP contribution >= 0.6 is 11.8 Å². The van der Waals surface area contributed by atoms with Crippen molar-refractivity contribution < 1.29 is 9.59 Å². The van der Waals surface area contributed by atoms with Gasteiger partial charge in [0.25, 0.3) is 5.91 Å². The first kappa shape index (κ1) is 14.1. The second-order valence-electron chi connectivity index (χ2n) is 4.04. The van der Waals surface area contributed by atoms with Gasteiger partial charge in [-0.3, -0.25) is 14.9 Å². The SMILES string of the molecule is Cc1ccc(C(=O)NC(=O)CSc2n[nH]c(N)n2)cc1. The third-order valence-corrected chi connectivity index (χ3v) is 3.23. The summed E-state index contributed by atoms with van der Waals surface area (Å²) in [5.41, 5.74) is 6.84. The predicted molar refractivity (Wildman–Crippen MR) is 75.2 cm³/mol. The molecule has 0 saturated heterocycles. The van der Waals surface area contributed by atoms with Crippen molar-refractivity contribution in [1.29, 1.82) is 0 Å². The van der Waals surface area contributed by atoms with E-state index in [4.69, 9.17) is 5.73 Å². The molecular weight excluding hydrogens is 278 g/mol. The van der Waals surface area contributed by atoms with E-state index in [0.717, 1.165) is 17.3 Å². The van der Waals surface area contributed by atoms with Gasteiger partial charge in [0.15, 0.2) is 0 Å². The Bertz CT molecular complexity index is 623. The molecule has 2 rings (SSSR count). The molecule has 8 heteroatoms. The number of imide groups is 1. The molecule has 4 N–H and O–H groups in total. The Labute approximate surface area is 119 Å². The van der Waals surface area contributed by atoms with Crippen molar-refractivity contribution in [2.45, 2.75) is 12.1 Å². The van der Waals surface area contributed by atoms with Crippen LogP contribution in [0.1, 0.15) is 15.9 Å². The van der Waals surface area contributed by atoms with Gasteiger partial charge in [0.2, 0.25) is 17.0 Å². The van der Waals surface area contributed by atoms with Crippen molar-refractivity contribution in [3.63, 3.8) is 0 Å². The highest BCUT2D eigenvalue weighted by Gasteiger charge is 2.11. The molecule has 0 radical (unpaired) electrons. The normalized spacial score (nSPS) is 10.2. The van der Waals surface area contributed by atoms with Crippen LogP contribution in [0, 0.1) is 6.92 Å². The van der Waals surface area contributed by atoms with E-state index in [2.05, 4.69) is 20.5 Å². The van der Waals surface area contributed by atoms with E-state index in [1.165, 1.54) is 0 Å². The fourth-order valence-corrected chi connectivity index (χ4v) is 2.00. The Morgan fingerprint density at radius 2 is 2.05 bits per heavy atom. The summed E-state index contributed by atoms with van der Waals surface area (Å²) >= 11 is 1.09. The molecule has 104 valence electrons. The maximum absolute atomic E-state index is 11.8. The Morgan fingerprint density at radius 3 is 2.65 bits per heavy atom. The van der Waals surface area contributed by atoms with E-state index < -0.39 is 11.8 Å². The molecular formula is C12H13N5O2S. The van der Waals surface area contributed by atoms with E-state index in [-0.39, 0.29) is 11.7 Å². The van der Waals surface area contributed by atoms with Crippen LogP contribution in [0.4, 0.5) is 5.95 Å². The first-order chi connectivity index (χ1) is 9.54. The average Bonchev–Trinajstić information content (AvgIpc) is 2.83. The highest BCUT2D eigenvalue weighted by Crippen LogP contribution is 2.12. The zero-order chi connectivity index (χ0) is 14.5. The number of nitrogens with two attached hydrogens (primary N) is 1. The van der Waals surface area contributed by atoms with Gasteiger partial charge in [-0.25, -0.2) is 5.10 Å². The summed E-state index contributed by atoms with van der Waals surface area (Å²) in [4.78, 5) is 27.2. The molecule has 1 heterocycles. The number of carbonyl (C=O) groups excluding carboxylic acids is 2. The van der Waals surface area contributed by atoms with Crippen LogP contribution in [-0.2, 0) is 4.79 Å². The topological polar surface area (TPSA) is 114 Å². The number of nitrogens with zero attached hydrogens (tertiary/aromatic N) is 2. The second kappa shape index (κ2) is 6.20. The highest BCUT2D eigenvalue weighted by atomic mass is 32.2. The van der Waals surface area contributed by atoms with Gasteiger partial charge in [-0.1, -0.05) is 29.5 Å². The minimum Gasteiger partial charge on any atom is -0.368 e. The number of carbonyl (C=O) groups is 2. The molecule has 0 saturated carbocycles. The number of nitrogens with one attached hydrogen (secondary N) is 2. The molecule has 20 heavy (non-hydrogen) atoms. The zero-order valence-corrected chi connectivity index (χ0v) is 11.5. The number of aromatic nitrogens is 3. The number of thioether (sulfide) groups is 1. The molecule has 1 aromatic carbocycles. The molecule has 0 fully saturated rings. The number of H-pyrrole nitrogens is 1. The number of hydrogen-bond acceptors (Lipinski definition) is 6. The molecule has 0 aliphatic carbocycles. The summed E-state index contributed by atoms with van der Waals surface area (Å²) in [5.74, 6) is -0.618. The summed E-state index contributed by atoms with van der Waals surface area (Å²) in [6.45, 7) is 1.92. The van der Waals surface area contributed by atoms with Crippen LogP contribution in [0.2, 0.25) is 0 Å². The Kier molecular flexibility index (Phi) is 4.36. The smallest absolute Gasteiger partial charge is 0.257 e. The van der Waals surface area contributed by atoms with Gasteiger partial charge in [0, 0.05) is 5.56 Å². The molecule has 2 aromatic rings. The van der Waals surface area contributed by atoms with Crippen molar-refractivity contribution in [1.82, 2.24) is 20.5 Å². The van der Waals surface area contributed by atoms with Crippen molar-refractivity contribution >= 4 is 29.5 Å². The summed E-state index contributed by atoms with van der Waals surface area (Å²) in [7, 11) is 0.